The fourth-order valence-corrected chi connectivity index (χ4v) is 4.15. The Labute approximate surface area is 152 Å². The molecular formula is C13H19F3N4O4S2. The van der Waals surface area contributed by atoms with Crippen LogP contribution in [0.4, 0.5) is 18.3 Å². The Balaban J connectivity index is 0.000000298. The van der Waals surface area contributed by atoms with E-state index in [9.17, 15) is 21.6 Å². The number of carboxylic acid groups (broad SMARTS) is 1. The monoisotopic (exact) mass is 416 g/mol. The number of halogens is 3. The second-order valence-electron chi connectivity index (χ2n) is 6.40. The van der Waals surface area contributed by atoms with Crippen molar-refractivity contribution in [2.75, 3.05) is 30.8 Å². The zero-order valence-electron chi connectivity index (χ0n) is 13.9. The van der Waals surface area contributed by atoms with Gasteiger partial charge in [0.05, 0.1) is 6.26 Å². The number of aromatic nitrogens is 2. The van der Waals surface area contributed by atoms with Crippen molar-refractivity contribution in [1.29, 1.82) is 0 Å². The second-order valence-corrected chi connectivity index (χ2v) is 9.04. The molecule has 8 nitrogen and oxygen atoms in total. The molecule has 1 atom stereocenters. The number of carbonyl (C=O) groups is 1. The number of alkyl halides is 3. The molecule has 1 spiro atoms. The van der Waals surface area contributed by atoms with Crippen molar-refractivity contribution in [3.63, 3.8) is 0 Å². The molecule has 2 fully saturated rings. The summed E-state index contributed by atoms with van der Waals surface area (Å²) in [7, 11) is -3.06. The molecule has 26 heavy (non-hydrogen) atoms. The lowest BCUT2D eigenvalue weighted by molar-refractivity contribution is -0.192. The number of sulfonamides is 1. The number of hydrogen-bond acceptors (Lipinski definition) is 7. The third kappa shape index (κ3) is 5.77. The van der Waals surface area contributed by atoms with Gasteiger partial charge in [0.25, 0.3) is 0 Å². The summed E-state index contributed by atoms with van der Waals surface area (Å²) in [6, 6.07) is 0. The van der Waals surface area contributed by atoms with Crippen LogP contribution in [0, 0.1) is 11.3 Å². The van der Waals surface area contributed by atoms with Gasteiger partial charge < -0.3 is 10.0 Å². The predicted octanol–water partition coefficient (Wildman–Crippen LogP) is 1.33. The maximum Gasteiger partial charge on any atom is 0.490 e. The van der Waals surface area contributed by atoms with Crippen molar-refractivity contribution in [3.8, 4) is 0 Å². The number of nitrogens with one attached hydrogen (secondary N) is 1. The van der Waals surface area contributed by atoms with Crippen molar-refractivity contribution in [3.05, 3.63) is 5.51 Å². The molecule has 0 aromatic carbocycles. The fourth-order valence-electron chi connectivity index (χ4n) is 3.03. The molecule has 2 N–H and O–H groups in total. The van der Waals surface area contributed by atoms with Gasteiger partial charge in [-0.15, -0.1) is 10.2 Å². The van der Waals surface area contributed by atoms with Crippen molar-refractivity contribution in [2.24, 2.45) is 11.3 Å². The van der Waals surface area contributed by atoms with Gasteiger partial charge in [-0.3, -0.25) is 0 Å². The van der Waals surface area contributed by atoms with E-state index in [1.54, 1.807) is 16.8 Å². The Bertz CT molecular complexity index is 716. The molecule has 1 saturated carbocycles. The highest BCUT2D eigenvalue weighted by molar-refractivity contribution is 7.88. The van der Waals surface area contributed by atoms with Crippen LogP contribution in [0.2, 0.25) is 0 Å². The van der Waals surface area contributed by atoms with Gasteiger partial charge in [-0.1, -0.05) is 11.3 Å². The first kappa shape index (κ1) is 20.8. The van der Waals surface area contributed by atoms with Gasteiger partial charge in [-0.2, -0.15) is 13.2 Å². The van der Waals surface area contributed by atoms with Gasteiger partial charge in [0.15, 0.2) is 0 Å². The smallest absolute Gasteiger partial charge is 0.475 e. The van der Waals surface area contributed by atoms with Crippen molar-refractivity contribution >= 4 is 32.5 Å². The summed E-state index contributed by atoms with van der Waals surface area (Å²) in [6.07, 6.45) is -0.453. The third-order valence-electron chi connectivity index (χ3n) is 4.57. The summed E-state index contributed by atoms with van der Waals surface area (Å²) in [5.41, 5.74) is 2.13. The summed E-state index contributed by atoms with van der Waals surface area (Å²) in [5.74, 6) is -2.24. The summed E-state index contributed by atoms with van der Waals surface area (Å²) in [6.45, 7) is 2.60. The van der Waals surface area contributed by atoms with E-state index < -0.39 is 22.2 Å². The summed E-state index contributed by atoms with van der Waals surface area (Å²) < 4.78 is 56.6. The molecule has 1 saturated heterocycles. The Morgan fingerprint density at radius 1 is 1.46 bits per heavy atom. The van der Waals surface area contributed by atoms with E-state index in [1.807, 2.05) is 0 Å². The van der Waals surface area contributed by atoms with Crippen LogP contribution in [-0.2, 0) is 14.8 Å². The molecule has 1 aliphatic carbocycles. The van der Waals surface area contributed by atoms with Crippen molar-refractivity contribution in [1.82, 2.24) is 14.9 Å². The normalized spacial score (nSPS) is 21.8. The number of aliphatic carboxylic acids is 1. The number of rotatable bonds is 4. The first-order chi connectivity index (χ1) is 11.9. The van der Waals surface area contributed by atoms with E-state index in [0.717, 1.165) is 37.5 Å². The van der Waals surface area contributed by atoms with Gasteiger partial charge in [0.2, 0.25) is 15.2 Å². The molecule has 13 heteroatoms. The molecular weight excluding hydrogens is 397 g/mol. The molecule has 1 unspecified atom stereocenters. The van der Waals surface area contributed by atoms with Gasteiger partial charge >= 0.3 is 12.1 Å². The van der Waals surface area contributed by atoms with E-state index in [0.29, 0.717) is 17.9 Å². The first-order valence-corrected chi connectivity index (χ1v) is 10.5. The van der Waals surface area contributed by atoms with E-state index >= 15 is 0 Å². The van der Waals surface area contributed by atoms with Crippen LogP contribution in [0.25, 0.3) is 0 Å². The summed E-state index contributed by atoms with van der Waals surface area (Å²) in [5, 5.41) is 16.1. The minimum Gasteiger partial charge on any atom is -0.475 e. The largest absolute Gasteiger partial charge is 0.490 e. The van der Waals surface area contributed by atoms with E-state index in [4.69, 9.17) is 9.90 Å². The number of hydrogen-bond donors (Lipinski definition) is 2. The Morgan fingerprint density at radius 2 is 2.04 bits per heavy atom. The summed E-state index contributed by atoms with van der Waals surface area (Å²) in [4.78, 5) is 11.2. The molecule has 148 valence electrons. The van der Waals surface area contributed by atoms with E-state index in [1.165, 1.54) is 6.26 Å². The predicted molar refractivity (Wildman–Crippen MR) is 88.4 cm³/mol. The topological polar surface area (TPSA) is 112 Å². The zero-order chi connectivity index (χ0) is 19.6. The molecule has 3 rings (SSSR count). The van der Waals surface area contributed by atoms with Crippen LogP contribution < -0.4 is 9.62 Å². The lowest BCUT2D eigenvalue weighted by Gasteiger charge is -2.32. The standard InChI is InChI=1S/C11H18N4O2S2.C2HF3O2/c1-19(16,17)13-7-9-6-11(9)2-4-15(5-3-11)10-14-12-8-18-10;3-2(4,5)1(6)7/h8-9,13H,2-7H2,1H3;(H,6,7). The highest BCUT2D eigenvalue weighted by atomic mass is 32.2. The van der Waals surface area contributed by atoms with Crippen LogP contribution in [0.5, 0.6) is 0 Å². The Morgan fingerprint density at radius 3 is 2.46 bits per heavy atom. The maximum absolute atomic E-state index is 11.1. The molecule has 0 amide bonds. The molecule has 1 aromatic heterocycles. The average Bonchev–Trinajstić information content (AvgIpc) is 2.94. The van der Waals surface area contributed by atoms with Gasteiger partial charge in [-0.05, 0) is 30.6 Å². The molecule has 2 heterocycles. The highest BCUT2D eigenvalue weighted by Gasteiger charge is 2.54. The maximum atomic E-state index is 11.1. The van der Waals surface area contributed by atoms with Crippen LogP contribution in [0.1, 0.15) is 19.3 Å². The van der Waals surface area contributed by atoms with E-state index in [-0.39, 0.29) is 0 Å². The van der Waals surface area contributed by atoms with Crippen LogP contribution in [-0.4, -0.2) is 61.8 Å². The number of nitrogens with zero attached hydrogens (tertiary/aromatic N) is 3. The number of piperidine rings is 1. The quantitative estimate of drug-likeness (QED) is 0.761. The molecule has 1 aromatic rings. The van der Waals surface area contributed by atoms with Crippen molar-refractivity contribution < 1.29 is 31.5 Å². The zero-order valence-corrected chi connectivity index (χ0v) is 15.5. The molecule has 0 bridgehead atoms. The first-order valence-electron chi connectivity index (χ1n) is 7.69. The fraction of sp³-hybridized carbons (Fsp3) is 0.769. The van der Waals surface area contributed by atoms with Crippen LogP contribution in [0.3, 0.4) is 0 Å². The minimum atomic E-state index is -5.08. The SMILES string of the molecule is CS(=O)(=O)NCC1CC12CCN(c1nncs1)CC2.O=C(O)C(F)(F)F. The summed E-state index contributed by atoms with van der Waals surface area (Å²) >= 11 is 1.58. The minimum absolute atomic E-state index is 0.374. The molecule has 1 aliphatic heterocycles. The Hall–Kier alpha value is -1.47. The lowest BCUT2D eigenvalue weighted by Crippen LogP contribution is -2.36. The third-order valence-corrected chi connectivity index (χ3v) is 6.01. The van der Waals surface area contributed by atoms with Crippen LogP contribution in [0.15, 0.2) is 5.51 Å². The molecule has 0 radical (unpaired) electrons. The highest BCUT2D eigenvalue weighted by Crippen LogP contribution is 2.59. The molecule has 2 aliphatic rings. The Kier molecular flexibility index (Phi) is 6.13. The second kappa shape index (κ2) is 7.64. The lowest BCUT2D eigenvalue weighted by atomic mass is 9.91. The number of carboxylic acids is 1. The van der Waals surface area contributed by atoms with Crippen molar-refractivity contribution in [2.45, 2.75) is 25.4 Å². The van der Waals surface area contributed by atoms with Gasteiger partial charge in [-0.25, -0.2) is 17.9 Å². The number of anilines is 1. The van der Waals surface area contributed by atoms with E-state index in [2.05, 4.69) is 19.8 Å². The van der Waals surface area contributed by atoms with Crippen LogP contribution >= 0.6 is 11.3 Å². The van der Waals surface area contributed by atoms with Gasteiger partial charge in [0.1, 0.15) is 5.51 Å². The average molecular weight is 416 g/mol. The van der Waals surface area contributed by atoms with Gasteiger partial charge in [0, 0.05) is 19.6 Å².